The van der Waals surface area contributed by atoms with Crippen molar-refractivity contribution in [3.8, 4) is 11.5 Å². The fraction of sp³-hybridized carbons (Fsp3) is 0.588. The Kier molecular flexibility index (Phi) is 3.14. The summed E-state index contributed by atoms with van der Waals surface area (Å²) in [6.07, 6.45) is 9.06. The zero-order valence-electron chi connectivity index (χ0n) is 12.6. The quantitative estimate of drug-likeness (QED) is 0.852. The molecule has 2 aromatic heterocycles. The molecule has 0 bridgehead atoms. The van der Waals surface area contributed by atoms with Crippen molar-refractivity contribution in [1.29, 1.82) is 0 Å². The molecule has 2 fully saturated rings. The number of aromatic nitrogens is 2. The van der Waals surface area contributed by atoms with Crippen LogP contribution < -0.4 is 5.32 Å². The van der Waals surface area contributed by atoms with E-state index in [0.29, 0.717) is 5.41 Å². The number of aryl methyl sites for hydroxylation is 1. The minimum atomic E-state index is 0.616. The lowest BCUT2D eigenvalue weighted by Crippen LogP contribution is -2.41. The van der Waals surface area contributed by atoms with Crippen molar-refractivity contribution in [2.75, 3.05) is 6.54 Å². The minimum Gasteiger partial charge on any atom is -0.460 e. The van der Waals surface area contributed by atoms with Gasteiger partial charge in [0.2, 0.25) is 0 Å². The molecule has 0 aromatic carbocycles. The molecule has 0 spiro atoms. The Hall–Kier alpha value is -1.55. The van der Waals surface area contributed by atoms with E-state index >= 15 is 0 Å². The molecule has 2 aliphatic carbocycles. The lowest BCUT2D eigenvalue weighted by atomic mass is 9.65. The van der Waals surface area contributed by atoms with Gasteiger partial charge in [0, 0.05) is 18.7 Å². The van der Waals surface area contributed by atoms with Gasteiger partial charge in [-0.1, -0.05) is 6.42 Å². The van der Waals surface area contributed by atoms with Crippen LogP contribution in [-0.4, -0.2) is 16.7 Å². The van der Waals surface area contributed by atoms with Gasteiger partial charge in [-0.05, 0) is 56.1 Å². The number of aromatic amines is 1. The number of H-pyrrole nitrogens is 1. The zero-order chi connectivity index (χ0) is 14.3. The molecule has 112 valence electrons. The Morgan fingerprint density at radius 2 is 2.24 bits per heavy atom. The Balaban J connectivity index is 1.40. The average molecular weight is 285 g/mol. The van der Waals surface area contributed by atoms with Gasteiger partial charge in [0.1, 0.15) is 11.5 Å². The maximum Gasteiger partial charge on any atom is 0.152 e. The third kappa shape index (κ3) is 2.42. The summed E-state index contributed by atoms with van der Waals surface area (Å²) in [6, 6.07) is 3.99. The van der Waals surface area contributed by atoms with E-state index in [4.69, 9.17) is 4.42 Å². The Bertz CT molecular complexity index is 620. The summed E-state index contributed by atoms with van der Waals surface area (Å²) >= 11 is 0. The number of furan rings is 1. The number of nitrogens with one attached hydrogen (secondary N) is 2. The smallest absolute Gasteiger partial charge is 0.152 e. The molecule has 0 radical (unpaired) electrons. The molecule has 2 saturated carbocycles. The number of hydrogen-bond acceptors (Lipinski definition) is 3. The maximum atomic E-state index is 5.70. The summed E-state index contributed by atoms with van der Waals surface area (Å²) in [4.78, 5) is 0. The first kappa shape index (κ1) is 13.1. The minimum absolute atomic E-state index is 0.616. The first-order valence-electron chi connectivity index (χ1n) is 8.07. The molecule has 21 heavy (non-hydrogen) atoms. The van der Waals surface area contributed by atoms with Crippen molar-refractivity contribution < 1.29 is 4.42 Å². The summed E-state index contributed by atoms with van der Waals surface area (Å²) in [5, 5.41) is 10.9. The van der Waals surface area contributed by atoms with Crippen molar-refractivity contribution in [2.24, 2.45) is 11.3 Å². The molecule has 0 saturated heterocycles. The fourth-order valence-corrected chi connectivity index (χ4v) is 3.73. The molecule has 0 amide bonds. The highest BCUT2D eigenvalue weighted by atomic mass is 16.3. The lowest BCUT2D eigenvalue weighted by Gasteiger charge is -2.43. The van der Waals surface area contributed by atoms with E-state index < -0.39 is 0 Å². The van der Waals surface area contributed by atoms with Crippen LogP contribution in [0.3, 0.4) is 0 Å². The van der Waals surface area contributed by atoms with E-state index in [1.807, 2.05) is 25.3 Å². The van der Waals surface area contributed by atoms with E-state index in [9.17, 15) is 0 Å². The molecule has 2 aliphatic rings. The molecular formula is C17H23N3O. The van der Waals surface area contributed by atoms with Gasteiger partial charge >= 0.3 is 0 Å². The zero-order valence-corrected chi connectivity index (χ0v) is 12.6. The second kappa shape index (κ2) is 5.02. The Labute approximate surface area is 125 Å². The van der Waals surface area contributed by atoms with E-state index in [1.165, 1.54) is 37.7 Å². The third-order valence-electron chi connectivity index (χ3n) is 5.29. The summed E-state index contributed by atoms with van der Waals surface area (Å²) in [6.45, 7) is 3.98. The van der Waals surface area contributed by atoms with Crippen LogP contribution in [-0.2, 0) is 6.54 Å². The monoisotopic (exact) mass is 285 g/mol. The van der Waals surface area contributed by atoms with Crippen molar-refractivity contribution in [3.05, 3.63) is 29.7 Å². The molecule has 2 N–H and O–H groups in total. The molecule has 0 aliphatic heterocycles. The molecular weight excluding hydrogens is 262 g/mol. The molecule has 4 rings (SSSR count). The molecule has 2 heterocycles. The van der Waals surface area contributed by atoms with Crippen LogP contribution in [0.4, 0.5) is 0 Å². The van der Waals surface area contributed by atoms with Crippen molar-refractivity contribution >= 4 is 0 Å². The first-order valence-corrected chi connectivity index (χ1v) is 8.07. The van der Waals surface area contributed by atoms with Crippen LogP contribution >= 0.6 is 0 Å². The topological polar surface area (TPSA) is 53.9 Å². The fourth-order valence-electron chi connectivity index (χ4n) is 3.73. The van der Waals surface area contributed by atoms with E-state index in [-0.39, 0.29) is 0 Å². The van der Waals surface area contributed by atoms with Gasteiger partial charge in [-0.3, -0.25) is 5.10 Å². The van der Waals surface area contributed by atoms with Gasteiger partial charge in [-0.15, -0.1) is 0 Å². The SMILES string of the molecule is Cc1ccc(-c2[nH]ncc2CNCC2(C3CC3)CCC2)o1. The third-order valence-corrected chi connectivity index (χ3v) is 5.29. The van der Waals surface area contributed by atoms with Crippen LogP contribution in [0.15, 0.2) is 22.7 Å². The van der Waals surface area contributed by atoms with Crippen molar-refractivity contribution in [3.63, 3.8) is 0 Å². The summed E-state index contributed by atoms with van der Waals surface area (Å²) < 4.78 is 5.70. The van der Waals surface area contributed by atoms with Crippen LogP contribution in [0.5, 0.6) is 0 Å². The predicted octanol–water partition coefficient (Wildman–Crippen LogP) is 3.65. The summed E-state index contributed by atoms with van der Waals surface area (Å²) in [7, 11) is 0. The highest BCUT2D eigenvalue weighted by Gasteiger charge is 2.48. The first-order chi connectivity index (χ1) is 10.3. The largest absolute Gasteiger partial charge is 0.460 e. The van der Waals surface area contributed by atoms with Crippen LogP contribution in [0.2, 0.25) is 0 Å². The second-order valence-electron chi connectivity index (χ2n) is 6.77. The Morgan fingerprint density at radius 3 is 2.86 bits per heavy atom. The van der Waals surface area contributed by atoms with Crippen molar-refractivity contribution in [2.45, 2.75) is 45.6 Å². The van der Waals surface area contributed by atoms with E-state index in [2.05, 4.69) is 15.5 Å². The standard InChI is InChI=1S/C17H23N3O/c1-12-3-6-15(21-12)16-13(10-19-20-16)9-18-11-17(7-2-8-17)14-4-5-14/h3,6,10,14,18H,2,4-5,7-9,11H2,1H3,(H,19,20). The highest BCUT2D eigenvalue weighted by molar-refractivity contribution is 5.56. The van der Waals surface area contributed by atoms with Gasteiger partial charge in [-0.2, -0.15) is 5.10 Å². The molecule has 2 aromatic rings. The van der Waals surface area contributed by atoms with Gasteiger partial charge in [0.25, 0.3) is 0 Å². The van der Waals surface area contributed by atoms with Crippen molar-refractivity contribution in [1.82, 2.24) is 15.5 Å². The summed E-state index contributed by atoms with van der Waals surface area (Å²) in [5.41, 5.74) is 2.81. The van der Waals surface area contributed by atoms with Crippen LogP contribution in [0.1, 0.15) is 43.4 Å². The van der Waals surface area contributed by atoms with Gasteiger partial charge in [0.05, 0.1) is 6.20 Å². The second-order valence-corrected chi connectivity index (χ2v) is 6.77. The molecule has 4 heteroatoms. The lowest BCUT2D eigenvalue weighted by molar-refractivity contribution is 0.0987. The highest BCUT2D eigenvalue weighted by Crippen LogP contribution is 2.56. The number of rotatable bonds is 6. The predicted molar refractivity (Wildman–Crippen MR) is 81.7 cm³/mol. The van der Waals surface area contributed by atoms with E-state index in [1.54, 1.807) is 0 Å². The molecule has 0 atom stereocenters. The Morgan fingerprint density at radius 1 is 1.38 bits per heavy atom. The summed E-state index contributed by atoms with van der Waals surface area (Å²) in [5.74, 6) is 2.80. The van der Waals surface area contributed by atoms with Crippen LogP contribution in [0.25, 0.3) is 11.5 Å². The molecule has 4 nitrogen and oxygen atoms in total. The number of nitrogens with zero attached hydrogens (tertiary/aromatic N) is 1. The maximum absolute atomic E-state index is 5.70. The average Bonchev–Trinajstić information content (AvgIpc) is 3.01. The normalized spacial score (nSPS) is 20.4. The molecule has 0 unspecified atom stereocenters. The van der Waals surface area contributed by atoms with Gasteiger partial charge < -0.3 is 9.73 Å². The van der Waals surface area contributed by atoms with Gasteiger partial charge in [-0.25, -0.2) is 0 Å². The number of hydrogen-bond donors (Lipinski definition) is 2. The van der Waals surface area contributed by atoms with E-state index in [0.717, 1.165) is 36.2 Å². The van der Waals surface area contributed by atoms with Crippen LogP contribution in [0, 0.1) is 18.3 Å². The van der Waals surface area contributed by atoms with Gasteiger partial charge in [0.15, 0.2) is 5.76 Å².